The number of furan rings is 1. The molecule has 10 nitrogen and oxygen atoms in total. The summed E-state index contributed by atoms with van der Waals surface area (Å²) >= 11 is 7.45. The van der Waals surface area contributed by atoms with Gasteiger partial charge in [-0.1, -0.05) is 53.3 Å². The van der Waals surface area contributed by atoms with Crippen molar-refractivity contribution >= 4 is 51.4 Å². The van der Waals surface area contributed by atoms with Crippen molar-refractivity contribution in [2.75, 3.05) is 13.7 Å². The second kappa shape index (κ2) is 11.6. The Labute approximate surface area is 258 Å². The fraction of sp³-hybridized carbons (Fsp3) is 0.156. The molecule has 3 heterocycles. The zero-order valence-electron chi connectivity index (χ0n) is 23.7. The lowest BCUT2D eigenvalue weighted by Gasteiger charge is -2.27. The number of esters is 1. The molecule has 12 heteroatoms. The first kappa shape index (κ1) is 29.1. The van der Waals surface area contributed by atoms with Crippen molar-refractivity contribution in [3.8, 4) is 17.1 Å². The zero-order chi connectivity index (χ0) is 31.1. The number of thiazole rings is 1. The Morgan fingerprint density at radius 1 is 1.18 bits per heavy atom. The molecule has 44 heavy (non-hydrogen) atoms. The maximum atomic E-state index is 14.1. The Balaban J connectivity index is 1.55. The summed E-state index contributed by atoms with van der Waals surface area (Å²) in [5.74, 6) is 0.557. The minimum Gasteiger partial charge on any atom is -0.496 e. The van der Waals surface area contributed by atoms with E-state index < -0.39 is 22.5 Å². The summed E-state index contributed by atoms with van der Waals surface area (Å²) < 4.78 is 19.0. The first-order valence-corrected chi connectivity index (χ1v) is 14.7. The SMILES string of the molecule is CCOC(=O)C1=C(C)N=c2s/c(=C/c3ccc(-c4cc([N+](=O)[O-])ccc4Cl)o3)c(=O)n2C1c1c(OC)ccc2ccccc12. The molecule has 0 bridgehead atoms. The number of ether oxygens (including phenoxy) is 2. The molecule has 0 aliphatic carbocycles. The lowest BCUT2D eigenvalue weighted by atomic mass is 9.90. The molecule has 222 valence electrons. The van der Waals surface area contributed by atoms with Gasteiger partial charge in [-0.25, -0.2) is 9.79 Å². The molecule has 1 aliphatic rings. The highest BCUT2D eigenvalue weighted by Gasteiger charge is 2.36. The molecule has 0 saturated heterocycles. The smallest absolute Gasteiger partial charge is 0.338 e. The number of non-ortho nitro benzene ring substituents is 1. The van der Waals surface area contributed by atoms with Crippen molar-refractivity contribution in [2.24, 2.45) is 4.99 Å². The number of fused-ring (bicyclic) bond motifs is 2. The van der Waals surface area contributed by atoms with Gasteiger partial charge in [-0.3, -0.25) is 19.5 Å². The summed E-state index contributed by atoms with van der Waals surface area (Å²) in [7, 11) is 1.54. The van der Waals surface area contributed by atoms with E-state index in [-0.39, 0.29) is 22.9 Å². The average Bonchev–Trinajstić information content (AvgIpc) is 3.59. The molecule has 1 atom stereocenters. The molecule has 0 saturated carbocycles. The number of halogens is 1. The van der Waals surface area contributed by atoms with E-state index in [1.807, 2.05) is 36.4 Å². The van der Waals surface area contributed by atoms with E-state index in [1.54, 1.807) is 39.2 Å². The summed E-state index contributed by atoms with van der Waals surface area (Å²) in [6.07, 6.45) is 1.57. The molecular weight excluding hydrogens is 606 g/mol. The minimum atomic E-state index is -0.885. The fourth-order valence-corrected chi connectivity index (χ4v) is 6.56. The highest BCUT2D eigenvalue weighted by atomic mass is 35.5. The third kappa shape index (κ3) is 4.99. The van der Waals surface area contributed by atoms with Gasteiger partial charge in [-0.2, -0.15) is 0 Å². The largest absolute Gasteiger partial charge is 0.496 e. The van der Waals surface area contributed by atoms with Crippen LogP contribution in [0.5, 0.6) is 5.75 Å². The Morgan fingerprint density at radius 3 is 2.73 bits per heavy atom. The number of carbonyl (C=O) groups excluding carboxylic acids is 1. The highest BCUT2D eigenvalue weighted by Crippen LogP contribution is 2.40. The maximum absolute atomic E-state index is 14.1. The number of nitro groups is 1. The van der Waals surface area contributed by atoms with Crippen LogP contribution in [0.4, 0.5) is 5.69 Å². The lowest BCUT2D eigenvalue weighted by molar-refractivity contribution is -0.384. The van der Waals surface area contributed by atoms with Crippen molar-refractivity contribution in [1.29, 1.82) is 0 Å². The molecule has 1 aliphatic heterocycles. The van der Waals surface area contributed by atoms with E-state index in [1.165, 1.54) is 22.8 Å². The maximum Gasteiger partial charge on any atom is 0.338 e. The van der Waals surface area contributed by atoms with Crippen LogP contribution in [0.1, 0.15) is 31.2 Å². The van der Waals surface area contributed by atoms with Gasteiger partial charge in [0.25, 0.3) is 11.2 Å². The molecule has 3 aromatic carbocycles. The van der Waals surface area contributed by atoms with Crippen LogP contribution in [-0.4, -0.2) is 29.2 Å². The average molecular weight is 630 g/mol. The number of hydrogen-bond donors (Lipinski definition) is 0. The molecule has 5 aromatic rings. The van der Waals surface area contributed by atoms with Crippen molar-refractivity contribution < 1.29 is 23.6 Å². The van der Waals surface area contributed by atoms with Gasteiger partial charge in [0.2, 0.25) is 0 Å². The van der Waals surface area contributed by atoms with Crippen LogP contribution in [0.25, 0.3) is 28.2 Å². The van der Waals surface area contributed by atoms with Crippen molar-refractivity contribution in [2.45, 2.75) is 19.9 Å². The van der Waals surface area contributed by atoms with E-state index in [2.05, 4.69) is 4.99 Å². The van der Waals surface area contributed by atoms with Crippen molar-refractivity contribution in [3.63, 3.8) is 0 Å². The van der Waals surface area contributed by atoms with Crippen LogP contribution >= 0.6 is 22.9 Å². The number of hydrogen-bond acceptors (Lipinski definition) is 9. The van der Waals surface area contributed by atoms with Crippen LogP contribution < -0.4 is 19.6 Å². The third-order valence-electron chi connectivity index (χ3n) is 7.27. The van der Waals surface area contributed by atoms with E-state index in [9.17, 15) is 19.7 Å². The van der Waals surface area contributed by atoms with Crippen LogP contribution in [0.2, 0.25) is 5.02 Å². The van der Waals surface area contributed by atoms with Gasteiger partial charge in [0, 0.05) is 29.3 Å². The number of benzene rings is 3. The summed E-state index contributed by atoms with van der Waals surface area (Å²) in [5.41, 5.74) is 1.12. The van der Waals surface area contributed by atoms with Gasteiger partial charge < -0.3 is 13.9 Å². The Morgan fingerprint density at radius 2 is 1.98 bits per heavy atom. The quantitative estimate of drug-likeness (QED) is 0.127. The predicted molar refractivity (Wildman–Crippen MR) is 167 cm³/mol. The van der Waals surface area contributed by atoms with E-state index in [4.69, 9.17) is 25.5 Å². The summed E-state index contributed by atoms with van der Waals surface area (Å²) in [4.78, 5) is 43.4. The van der Waals surface area contributed by atoms with Crippen molar-refractivity contribution in [1.82, 2.24) is 4.57 Å². The molecule has 0 fully saturated rings. The number of carbonyl (C=O) groups is 1. The van der Waals surface area contributed by atoms with Gasteiger partial charge in [-0.15, -0.1) is 0 Å². The standard InChI is InChI=1S/C32H24ClN3O7S/c1-4-42-31(38)27-17(2)34-32-35(29(27)28-21-8-6-5-7-18(21)9-13-25(28)41-3)30(37)26(44-32)16-20-11-14-24(43-20)22-15-19(36(39)40)10-12-23(22)33/h5-16,29H,4H2,1-3H3/b26-16+. The zero-order valence-corrected chi connectivity index (χ0v) is 25.3. The normalized spacial score (nSPS) is 14.8. The first-order valence-electron chi connectivity index (χ1n) is 13.5. The van der Waals surface area contributed by atoms with E-state index in [0.717, 1.165) is 22.1 Å². The third-order valence-corrected chi connectivity index (χ3v) is 8.58. The number of allylic oxidation sites excluding steroid dienone is 1. The molecular formula is C32H24ClN3O7S. The number of nitro benzene ring substituents is 1. The van der Waals surface area contributed by atoms with Crippen LogP contribution in [0.15, 0.2) is 92.2 Å². The first-order chi connectivity index (χ1) is 21.2. The second-order valence-electron chi connectivity index (χ2n) is 9.83. The molecule has 0 radical (unpaired) electrons. The molecule has 2 aromatic heterocycles. The summed E-state index contributed by atoms with van der Waals surface area (Å²) in [6.45, 7) is 3.58. The topological polar surface area (TPSA) is 126 Å². The monoisotopic (exact) mass is 629 g/mol. The van der Waals surface area contributed by atoms with Crippen molar-refractivity contribution in [3.05, 3.63) is 124 Å². The Bertz CT molecular complexity index is 2200. The van der Waals surface area contributed by atoms with Gasteiger partial charge in [0.1, 0.15) is 23.3 Å². The van der Waals surface area contributed by atoms with Crippen LogP contribution in [0, 0.1) is 10.1 Å². The minimum absolute atomic E-state index is 0.132. The van der Waals surface area contributed by atoms with Crippen LogP contribution in [-0.2, 0) is 9.53 Å². The van der Waals surface area contributed by atoms with Gasteiger partial charge in [0.15, 0.2) is 4.80 Å². The lowest BCUT2D eigenvalue weighted by Crippen LogP contribution is -2.40. The Hall–Kier alpha value is -5.00. The molecule has 6 rings (SSSR count). The molecule has 1 unspecified atom stereocenters. The van der Waals surface area contributed by atoms with Gasteiger partial charge in [-0.05, 0) is 48.9 Å². The molecule has 0 N–H and O–H groups in total. The van der Waals surface area contributed by atoms with Gasteiger partial charge in [0.05, 0.1) is 39.5 Å². The number of nitrogens with zero attached hydrogens (tertiary/aromatic N) is 3. The van der Waals surface area contributed by atoms with E-state index >= 15 is 0 Å². The number of rotatable bonds is 7. The molecule has 0 amide bonds. The number of aromatic nitrogens is 1. The highest BCUT2D eigenvalue weighted by molar-refractivity contribution is 7.07. The Kier molecular flexibility index (Phi) is 7.66. The molecule has 0 spiro atoms. The predicted octanol–water partition coefficient (Wildman–Crippen LogP) is 5.78. The fourth-order valence-electron chi connectivity index (χ4n) is 5.32. The summed E-state index contributed by atoms with van der Waals surface area (Å²) in [6, 6.07) is 17.9. The van der Waals surface area contributed by atoms with E-state index in [0.29, 0.717) is 43.4 Å². The number of methoxy groups -OCH3 is 1. The summed E-state index contributed by atoms with van der Waals surface area (Å²) in [5, 5.41) is 13.3. The van der Waals surface area contributed by atoms with Crippen LogP contribution in [0.3, 0.4) is 0 Å². The van der Waals surface area contributed by atoms with Gasteiger partial charge >= 0.3 is 5.97 Å². The second-order valence-corrected chi connectivity index (χ2v) is 11.2.